The molecule has 1 atom stereocenters. The van der Waals surface area contributed by atoms with Gasteiger partial charge in [0.25, 0.3) is 17.7 Å². The molecule has 3 aliphatic rings. The van der Waals surface area contributed by atoms with Gasteiger partial charge in [-0.1, -0.05) is 30.3 Å². The van der Waals surface area contributed by atoms with Gasteiger partial charge >= 0.3 is 0 Å². The summed E-state index contributed by atoms with van der Waals surface area (Å²) in [6.07, 6.45) is -0.435. The molecule has 0 saturated carbocycles. The minimum absolute atomic E-state index is 0.0252. The van der Waals surface area contributed by atoms with Gasteiger partial charge in [-0.2, -0.15) is 0 Å². The third-order valence-corrected chi connectivity index (χ3v) is 7.65. The summed E-state index contributed by atoms with van der Waals surface area (Å²) >= 11 is 0. The molecule has 6 rings (SSSR count). The zero-order valence-corrected chi connectivity index (χ0v) is 19.8. The lowest BCUT2D eigenvalue weighted by atomic mass is 9.89. The number of amides is 2. The first-order valence-corrected chi connectivity index (χ1v) is 12.1. The van der Waals surface area contributed by atoms with Crippen LogP contribution < -0.4 is 4.90 Å². The first kappa shape index (κ1) is 23.5. The van der Waals surface area contributed by atoms with Crippen LogP contribution in [0.25, 0.3) is 0 Å². The highest BCUT2D eigenvalue weighted by Gasteiger charge is 2.59. The topological polar surface area (TPSA) is 43.9 Å². The number of piperidine rings is 1. The Hall–Kier alpha value is -3.88. The molecule has 5 nitrogen and oxygen atoms in total. The minimum Gasteiger partial charge on any atom is -0.371 e. The molecule has 3 aromatic rings. The molecule has 2 amide bonds. The average Bonchev–Trinajstić information content (AvgIpc) is 3.41. The number of rotatable bonds is 3. The number of nitrogens with zero attached hydrogens (tertiary/aromatic N) is 3. The van der Waals surface area contributed by atoms with E-state index in [1.807, 2.05) is 17.0 Å². The Morgan fingerprint density at radius 1 is 0.811 bits per heavy atom. The second kappa shape index (κ2) is 8.33. The zero-order chi connectivity index (χ0) is 25.9. The molecule has 37 heavy (non-hydrogen) atoms. The van der Waals surface area contributed by atoms with Crippen LogP contribution in [0.5, 0.6) is 0 Å². The van der Waals surface area contributed by atoms with Crippen LogP contribution in [-0.4, -0.2) is 53.7 Å². The molecule has 0 radical (unpaired) electrons. The predicted molar refractivity (Wildman–Crippen MR) is 128 cm³/mol. The number of fused-ring (bicyclic) bond motifs is 3. The summed E-state index contributed by atoms with van der Waals surface area (Å²) in [7, 11) is 0. The lowest BCUT2D eigenvalue weighted by molar-refractivity contribution is -0.0220. The second-order valence-corrected chi connectivity index (χ2v) is 9.65. The lowest BCUT2D eigenvalue weighted by Crippen LogP contribution is -2.51. The van der Waals surface area contributed by atoms with Crippen LogP contribution in [-0.2, 0) is 5.66 Å². The van der Waals surface area contributed by atoms with E-state index in [9.17, 15) is 27.2 Å². The molecule has 2 saturated heterocycles. The summed E-state index contributed by atoms with van der Waals surface area (Å²) in [6.45, 7) is 0.907. The van der Waals surface area contributed by atoms with Crippen molar-refractivity contribution in [2.45, 2.75) is 24.4 Å². The fourth-order valence-electron chi connectivity index (χ4n) is 5.83. The summed E-state index contributed by atoms with van der Waals surface area (Å²) in [5.74, 6) is -5.60. The fourth-order valence-corrected chi connectivity index (χ4v) is 5.83. The van der Waals surface area contributed by atoms with E-state index in [0.29, 0.717) is 16.7 Å². The largest absolute Gasteiger partial charge is 0.371 e. The van der Waals surface area contributed by atoms with Gasteiger partial charge in [-0.3, -0.25) is 9.59 Å². The van der Waals surface area contributed by atoms with Crippen molar-refractivity contribution in [1.82, 2.24) is 9.80 Å². The summed E-state index contributed by atoms with van der Waals surface area (Å²) in [5.41, 5.74) is 1.21. The normalized spacial score (nSPS) is 22.3. The van der Waals surface area contributed by atoms with Crippen molar-refractivity contribution in [3.63, 3.8) is 0 Å². The van der Waals surface area contributed by atoms with E-state index in [1.165, 1.54) is 11.0 Å². The number of hydrogen-bond donors (Lipinski definition) is 0. The van der Waals surface area contributed by atoms with Gasteiger partial charge in [0.2, 0.25) is 0 Å². The molecule has 0 bridgehead atoms. The van der Waals surface area contributed by atoms with E-state index < -0.39 is 29.1 Å². The number of hydrogen-bond acceptors (Lipinski definition) is 3. The summed E-state index contributed by atoms with van der Waals surface area (Å²) in [5, 5.41) is 0. The predicted octanol–water partition coefficient (Wildman–Crippen LogP) is 5.01. The van der Waals surface area contributed by atoms with Gasteiger partial charge in [0, 0.05) is 67.0 Å². The van der Waals surface area contributed by atoms with Crippen LogP contribution >= 0.6 is 0 Å². The molecule has 3 heterocycles. The zero-order valence-electron chi connectivity index (χ0n) is 19.8. The molecule has 3 aliphatic heterocycles. The van der Waals surface area contributed by atoms with E-state index in [1.54, 1.807) is 41.3 Å². The molecule has 9 heteroatoms. The van der Waals surface area contributed by atoms with Crippen molar-refractivity contribution in [1.29, 1.82) is 0 Å². The van der Waals surface area contributed by atoms with Crippen molar-refractivity contribution >= 4 is 17.5 Å². The standard InChI is InChI=1S/C28H23F4N3O2/c29-23-10-5-18(17-24(23)30)25(36)34-15-16-35-26(37)21-3-1-2-4-22(21)28(34,35)19-6-8-20(9-7-19)33-13-11-27(31,32)12-14-33/h1-10,17H,11-16H2/t28-/m0/s1. The smallest absolute Gasteiger partial charge is 0.256 e. The van der Waals surface area contributed by atoms with Crippen LogP contribution in [0.3, 0.4) is 0 Å². The summed E-state index contributed by atoms with van der Waals surface area (Å²) < 4.78 is 54.9. The number of carbonyl (C=O) groups excluding carboxylic acids is 2. The Labute approximate surface area is 210 Å². The molecule has 190 valence electrons. The first-order valence-electron chi connectivity index (χ1n) is 12.1. The van der Waals surface area contributed by atoms with Gasteiger partial charge < -0.3 is 14.7 Å². The van der Waals surface area contributed by atoms with Crippen LogP contribution in [0.2, 0.25) is 0 Å². The number of benzene rings is 3. The van der Waals surface area contributed by atoms with Crippen LogP contribution in [0.1, 0.15) is 44.7 Å². The molecular formula is C28H23F4N3O2. The summed E-state index contributed by atoms with van der Waals surface area (Å²) in [4.78, 5) is 32.2. The number of alkyl halides is 2. The van der Waals surface area contributed by atoms with E-state index in [0.717, 1.165) is 17.8 Å². The van der Waals surface area contributed by atoms with Crippen molar-refractivity contribution in [2.24, 2.45) is 0 Å². The van der Waals surface area contributed by atoms with Crippen molar-refractivity contribution < 1.29 is 27.2 Å². The number of halogens is 4. The van der Waals surface area contributed by atoms with Crippen molar-refractivity contribution in [3.8, 4) is 0 Å². The summed E-state index contributed by atoms with van der Waals surface area (Å²) in [6, 6.07) is 17.3. The molecule has 0 unspecified atom stereocenters. The third-order valence-electron chi connectivity index (χ3n) is 7.65. The highest BCUT2D eigenvalue weighted by molar-refractivity contribution is 6.03. The maximum absolute atomic E-state index is 14.0. The molecule has 0 spiro atoms. The average molecular weight is 510 g/mol. The fraction of sp³-hybridized carbons (Fsp3) is 0.286. The molecular weight excluding hydrogens is 486 g/mol. The Morgan fingerprint density at radius 2 is 1.51 bits per heavy atom. The van der Waals surface area contributed by atoms with E-state index >= 15 is 0 Å². The Balaban J connectivity index is 1.44. The Bertz CT molecular complexity index is 1400. The van der Waals surface area contributed by atoms with Crippen LogP contribution in [0.4, 0.5) is 23.2 Å². The van der Waals surface area contributed by atoms with E-state index in [4.69, 9.17) is 0 Å². The van der Waals surface area contributed by atoms with Gasteiger partial charge in [-0.15, -0.1) is 0 Å². The molecule has 0 aliphatic carbocycles. The van der Waals surface area contributed by atoms with Crippen LogP contribution in [0.15, 0.2) is 66.7 Å². The molecule has 3 aromatic carbocycles. The number of anilines is 1. The Morgan fingerprint density at radius 3 is 2.22 bits per heavy atom. The van der Waals surface area contributed by atoms with Gasteiger partial charge in [-0.05, 0) is 36.4 Å². The van der Waals surface area contributed by atoms with Gasteiger partial charge in [0.1, 0.15) is 0 Å². The monoisotopic (exact) mass is 509 g/mol. The van der Waals surface area contributed by atoms with Gasteiger partial charge in [0.15, 0.2) is 17.3 Å². The molecule has 2 fully saturated rings. The quantitative estimate of drug-likeness (QED) is 0.466. The van der Waals surface area contributed by atoms with Crippen molar-refractivity contribution in [3.05, 3.63) is 101 Å². The van der Waals surface area contributed by atoms with Crippen molar-refractivity contribution in [2.75, 3.05) is 31.1 Å². The molecule has 0 aromatic heterocycles. The molecule has 0 N–H and O–H groups in total. The van der Waals surface area contributed by atoms with E-state index in [-0.39, 0.29) is 50.5 Å². The third kappa shape index (κ3) is 3.51. The maximum Gasteiger partial charge on any atom is 0.256 e. The highest BCUT2D eigenvalue weighted by atomic mass is 19.3. The number of carbonyl (C=O) groups is 2. The highest BCUT2D eigenvalue weighted by Crippen LogP contribution is 2.50. The Kier molecular flexibility index (Phi) is 5.29. The van der Waals surface area contributed by atoms with Crippen LogP contribution in [0, 0.1) is 11.6 Å². The minimum atomic E-state index is -2.66. The van der Waals surface area contributed by atoms with E-state index in [2.05, 4.69) is 0 Å². The first-order chi connectivity index (χ1) is 17.7. The second-order valence-electron chi connectivity index (χ2n) is 9.65. The van der Waals surface area contributed by atoms with Gasteiger partial charge in [-0.25, -0.2) is 17.6 Å². The van der Waals surface area contributed by atoms with Gasteiger partial charge in [0.05, 0.1) is 0 Å². The lowest BCUT2D eigenvalue weighted by Gasteiger charge is -2.41. The maximum atomic E-state index is 14.0. The SMILES string of the molecule is O=C(c1ccc(F)c(F)c1)N1CCN2C(=O)c3ccccc3[C@@]12c1ccc(N2CCC(F)(F)CC2)cc1.